The van der Waals surface area contributed by atoms with Gasteiger partial charge in [-0.05, 0) is 18.2 Å². The van der Waals surface area contributed by atoms with E-state index in [-0.39, 0.29) is 17.0 Å². The molecule has 1 atom stereocenters. The van der Waals surface area contributed by atoms with Crippen LogP contribution in [0.4, 0.5) is 13.2 Å². The van der Waals surface area contributed by atoms with Gasteiger partial charge in [0.15, 0.2) is 0 Å². The predicted octanol–water partition coefficient (Wildman–Crippen LogP) is 1.29. The number of alkyl halides is 3. The van der Waals surface area contributed by atoms with Crippen LogP contribution in [0.15, 0.2) is 41.8 Å². The highest BCUT2D eigenvalue weighted by Crippen LogP contribution is 2.22. The summed E-state index contributed by atoms with van der Waals surface area (Å²) in [5.41, 5.74) is -0.296. The zero-order valence-electron chi connectivity index (χ0n) is 12.7. The third-order valence-electron chi connectivity index (χ3n) is 2.86. The molecule has 1 amide bonds. The quantitative estimate of drug-likeness (QED) is 0.588. The molecule has 3 N–H and O–H groups in total. The van der Waals surface area contributed by atoms with Crippen molar-refractivity contribution < 1.29 is 36.3 Å². The largest absolute Gasteiger partial charge is 0.480 e. The molecule has 1 rings (SSSR count). The normalized spacial score (nSPS) is 13.1. The number of carboxylic acid groups (broad SMARTS) is 1. The van der Waals surface area contributed by atoms with E-state index < -0.39 is 40.5 Å². The Morgan fingerprint density at radius 1 is 1.32 bits per heavy atom. The fourth-order valence-corrected chi connectivity index (χ4v) is 2.77. The molecular weight excluding hydrogens is 365 g/mol. The van der Waals surface area contributed by atoms with E-state index in [0.29, 0.717) is 0 Å². The molecule has 1 unspecified atom stereocenters. The molecule has 0 saturated heterocycles. The van der Waals surface area contributed by atoms with Crippen LogP contribution in [0, 0.1) is 0 Å². The molecule has 11 heteroatoms. The molecule has 0 radical (unpaired) electrons. The molecule has 25 heavy (non-hydrogen) atoms. The highest BCUT2D eigenvalue weighted by atomic mass is 32.2. The number of benzene rings is 1. The molecule has 138 valence electrons. The number of carbonyl (C=O) groups is 2. The summed E-state index contributed by atoms with van der Waals surface area (Å²) in [5.74, 6) is -3.00. The van der Waals surface area contributed by atoms with E-state index in [0.717, 1.165) is 12.1 Å². The molecule has 0 heterocycles. The van der Waals surface area contributed by atoms with Gasteiger partial charge in [0.2, 0.25) is 10.0 Å². The first-order valence-electron chi connectivity index (χ1n) is 6.77. The van der Waals surface area contributed by atoms with Crippen LogP contribution < -0.4 is 10.0 Å². The van der Waals surface area contributed by atoms with E-state index in [1.807, 2.05) is 0 Å². The second-order valence-corrected chi connectivity index (χ2v) is 6.62. The summed E-state index contributed by atoms with van der Waals surface area (Å²) in [6, 6.07) is 2.26. The van der Waals surface area contributed by atoms with Gasteiger partial charge in [-0.3, -0.25) is 4.79 Å². The Morgan fingerprint density at radius 3 is 2.48 bits per heavy atom. The van der Waals surface area contributed by atoms with Gasteiger partial charge in [0, 0.05) is 12.1 Å². The third-order valence-corrected chi connectivity index (χ3v) is 4.28. The first-order chi connectivity index (χ1) is 11.5. The Bertz CT molecular complexity index is 762. The minimum Gasteiger partial charge on any atom is -0.480 e. The molecule has 0 aliphatic rings. The molecule has 7 nitrogen and oxygen atoms in total. The number of halogens is 3. The van der Waals surface area contributed by atoms with Gasteiger partial charge in [-0.25, -0.2) is 17.9 Å². The zero-order chi connectivity index (χ0) is 19.3. The Hall–Kier alpha value is -2.40. The van der Waals surface area contributed by atoms with Crippen LogP contribution in [0.25, 0.3) is 0 Å². The van der Waals surface area contributed by atoms with E-state index in [2.05, 4.69) is 11.3 Å². The van der Waals surface area contributed by atoms with Crippen molar-refractivity contribution in [2.24, 2.45) is 0 Å². The molecule has 1 aromatic carbocycles. The third kappa shape index (κ3) is 6.55. The highest BCUT2D eigenvalue weighted by Gasteiger charge is 2.36. The van der Waals surface area contributed by atoms with Gasteiger partial charge in [0.1, 0.15) is 6.04 Å². The van der Waals surface area contributed by atoms with Crippen LogP contribution in [0.3, 0.4) is 0 Å². The second kappa shape index (κ2) is 8.12. The smallest absolute Gasteiger partial charge is 0.391 e. The maximum absolute atomic E-state index is 12.3. The van der Waals surface area contributed by atoms with Crippen molar-refractivity contribution >= 4 is 21.9 Å². The van der Waals surface area contributed by atoms with Crippen LogP contribution >= 0.6 is 0 Å². The van der Waals surface area contributed by atoms with Gasteiger partial charge in [0.25, 0.3) is 5.91 Å². The number of sulfonamides is 1. The average molecular weight is 380 g/mol. The van der Waals surface area contributed by atoms with Crippen LogP contribution in [-0.4, -0.2) is 44.2 Å². The van der Waals surface area contributed by atoms with Crippen molar-refractivity contribution in [3.63, 3.8) is 0 Å². The van der Waals surface area contributed by atoms with Crippen LogP contribution in [0.1, 0.15) is 16.8 Å². The maximum atomic E-state index is 12.3. The summed E-state index contributed by atoms with van der Waals surface area (Å²) in [6.07, 6.45) is -5.26. The average Bonchev–Trinajstić information content (AvgIpc) is 2.51. The lowest BCUT2D eigenvalue weighted by molar-refractivity contribution is -0.157. The molecule has 0 spiro atoms. The number of carboxylic acids is 1. The number of hydrogen-bond acceptors (Lipinski definition) is 4. The van der Waals surface area contributed by atoms with Crippen LogP contribution in [0.2, 0.25) is 0 Å². The zero-order valence-corrected chi connectivity index (χ0v) is 13.5. The fourth-order valence-electron chi connectivity index (χ4n) is 1.73. The standard InChI is InChI=1S/C14H15F3N2O5S/c1-2-6-18-25(23,24)10-5-3-4-9(7-10)12(20)19-11(13(21)22)8-14(15,16)17/h2-5,7,11,18H,1,6,8H2,(H,19,20)(H,21,22). The van der Waals surface area contributed by atoms with Crippen molar-refractivity contribution in [2.75, 3.05) is 6.54 Å². The van der Waals surface area contributed by atoms with Gasteiger partial charge in [0.05, 0.1) is 11.3 Å². The van der Waals surface area contributed by atoms with E-state index >= 15 is 0 Å². The lowest BCUT2D eigenvalue weighted by Gasteiger charge is -2.16. The number of amides is 1. The topological polar surface area (TPSA) is 113 Å². The van der Waals surface area contributed by atoms with Gasteiger partial charge in [-0.15, -0.1) is 6.58 Å². The number of hydrogen-bond donors (Lipinski definition) is 3. The van der Waals surface area contributed by atoms with Gasteiger partial charge < -0.3 is 10.4 Å². The predicted molar refractivity (Wildman–Crippen MR) is 81.4 cm³/mol. The van der Waals surface area contributed by atoms with Crippen molar-refractivity contribution in [1.82, 2.24) is 10.0 Å². The maximum Gasteiger partial charge on any atom is 0.391 e. The molecule has 0 aliphatic carbocycles. The SMILES string of the molecule is C=CCNS(=O)(=O)c1cccc(C(=O)NC(CC(F)(F)F)C(=O)O)c1. The van der Waals surface area contributed by atoms with E-state index in [1.165, 1.54) is 18.2 Å². The van der Waals surface area contributed by atoms with Gasteiger partial charge >= 0.3 is 12.1 Å². The summed E-state index contributed by atoms with van der Waals surface area (Å²) in [5, 5.41) is 10.5. The molecule has 0 bridgehead atoms. The Balaban J connectivity index is 3.01. The lowest BCUT2D eigenvalue weighted by atomic mass is 10.1. The summed E-state index contributed by atoms with van der Waals surface area (Å²) < 4.78 is 63.1. The monoisotopic (exact) mass is 380 g/mol. The Kier molecular flexibility index (Phi) is 6.70. The number of nitrogens with one attached hydrogen (secondary N) is 2. The number of carbonyl (C=O) groups excluding carboxylic acids is 1. The first-order valence-corrected chi connectivity index (χ1v) is 8.25. The Morgan fingerprint density at radius 2 is 1.96 bits per heavy atom. The molecule has 0 aliphatic heterocycles. The fraction of sp³-hybridized carbons (Fsp3) is 0.286. The van der Waals surface area contributed by atoms with Crippen LogP contribution in [-0.2, 0) is 14.8 Å². The van der Waals surface area contributed by atoms with Gasteiger partial charge in [-0.2, -0.15) is 13.2 Å². The Labute approximate surface area is 141 Å². The van der Waals surface area contributed by atoms with Crippen molar-refractivity contribution in [3.8, 4) is 0 Å². The first kappa shape index (κ1) is 20.6. The summed E-state index contributed by atoms with van der Waals surface area (Å²) in [6.45, 7) is 3.28. The van der Waals surface area contributed by atoms with Crippen molar-refractivity contribution in [3.05, 3.63) is 42.5 Å². The van der Waals surface area contributed by atoms with Crippen molar-refractivity contribution in [2.45, 2.75) is 23.5 Å². The van der Waals surface area contributed by atoms with E-state index in [4.69, 9.17) is 5.11 Å². The summed E-state index contributed by atoms with van der Waals surface area (Å²) in [4.78, 5) is 22.5. The highest BCUT2D eigenvalue weighted by molar-refractivity contribution is 7.89. The van der Waals surface area contributed by atoms with E-state index in [9.17, 15) is 31.2 Å². The van der Waals surface area contributed by atoms with E-state index in [1.54, 1.807) is 5.32 Å². The molecule has 0 aromatic heterocycles. The minimum atomic E-state index is -4.80. The van der Waals surface area contributed by atoms with Crippen LogP contribution in [0.5, 0.6) is 0 Å². The molecule has 0 fully saturated rings. The summed E-state index contributed by atoms with van der Waals surface area (Å²) >= 11 is 0. The number of aliphatic carboxylic acids is 1. The molecule has 1 aromatic rings. The second-order valence-electron chi connectivity index (χ2n) is 4.85. The number of rotatable bonds is 8. The van der Waals surface area contributed by atoms with Crippen molar-refractivity contribution in [1.29, 1.82) is 0 Å². The minimum absolute atomic E-state index is 0.0641. The summed E-state index contributed by atoms with van der Waals surface area (Å²) in [7, 11) is -3.95. The molecular formula is C14H15F3N2O5S. The van der Waals surface area contributed by atoms with Gasteiger partial charge in [-0.1, -0.05) is 12.1 Å². The molecule has 0 saturated carbocycles. The lowest BCUT2D eigenvalue weighted by Crippen LogP contribution is -2.43.